The topological polar surface area (TPSA) is 127 Å². The van der Waals surface area contributed by atoms with Gasteiger partial charge in [-0.05, 0) is 43.0 Å². The number of aromatic nitrogens is 2. The second-order valence-corrected chi connectivity index (χ2v) is 7.40. The highest BCUT2D eigenvalue weighted by Gasteiger charge is 2.28. The number of benzene rings is 1. The van der Waals surface area contributed by atoms with E-state index in [1.54, 1.807) is 17.4 Å². The molecule has 0 fully saturated rings. The Bertz CT molecular complexity index is 1030. The fourth-order valence-corrected chi connectivity index (χ4v) is 4.62. The summed E-state index contributed by atoms with van der Waals surface area (Å²) in [5, 5.41) is 19.2. The second kappa shape index (κ2) is 6.38. The van der Waals surface area contributed by atoms with Gasteiger partial charge < -0.3 is 16.2 Å². The molecule has 3 aromatic rings. The van der Waals surface area contributed by atoms with E-state index in [-0.39, 0.29) is 5.92 Å². The van der Waals surface area contributed by atoms with E-state index in [0.29, 0.717) is 24.3 Å². The molecule has 0 bridgehead atoms. The van der Waals surface area contributed by atoms with Crippen molar-refractivity contribution in [2.75, 3.05) is 11.1 Å². The lowest BCUT2D eigenvalue weighted by molar-refractivity contribution is -0.142. The molecule has 0 amide bonds. The number of aryl methyl sites for hydroxylation is 1. The van der Waals surface area contributed by atoms with Gasteiger partial charge in [0, 0.05) is 16.3 Å². The van der Waals surface area contributed by atoms with E-state index in [1.807, 2.05) is 12.1 Å². The van der Waals surface area contributed by atoms with Crippen LogP contribution in [-0.4, -0.2) is 27.3 Å². The normalized spacial score (nSPS) is 16.2. The Morgan fingerprint density at radius 2 is 2.27 bits per heavy atom. The summed E-state index contributed by atoms with van der Waals surface area (Å²) >= 11 is 1.56. The first-order valence-corrected chi connectivity index (χ1v) is 9.08. The number of hydrogen-bond donors (Lipinski definition) is 4. The molecule has 0 saturated heterocycles. The Balaban J connectivity index is 1.75. The summed E-state index contributed by atoms with van der Waals surface area (Å²) in [5.41, 5.74) is 9.23. The minimum absolute atomic E-state index is 0.320. The maximum atomic E-state index is 11.3. The van der Waals surface area contributed by atoms with E-state index in [9.17, 15) is 9.90 Å². The predicted octanol–water partition coefficient (Wildman–Crippen LogP) is 1.38. The Kier molecular flexibility index (Phi) is 4.04. The van der Waals surface area contributed by atoms with Crippen molar-refractivity contribution in [3.05, 3.63) is 40.5 Å². The molecule has 2 aromatic heterocycles. The van der Waals surface area contributed by atoms with E-state index < -0.39 is 5.97 Å². The Morgan fingerprint density at radius 1 is 1.42 bits per heavy atom. The molecule has 1 aromatic carbocycles. The minimum atomic E-state index is -0.732. The van der Waals surface area contributed by atoms with Crippen LogP contribution in [0.4, 0.5) is 17.2 Å². The molecule has 0 saturated carbocycles. The summed E-state index contributed by atoms with van der Waals surface area (Å²) in [5.74, 6) is -0.335. The molecule has 4 rings (SSSR count). The van der Waals surface area contributed by atoms with Gasteiger partial charge in [0.15, 0.2) is 6.21 Å². The smallest absolute Gasteiger partial charge is 0.306 e. The lowest BCUT2D eigenvalue weighted by Crippen LogP contribution is -2.30. The van der Waals surface area contributed by atoms with Crippen molar-refractivity contribution in [2.45, 2.75) is 19.3 Å². The number of fused-ring (bicyclic) bond motifs is 3. The number of aliphatic carboxylic acids is 1. The molecule has 0 unspecified atom stereocenters. The van der Waals surface area contributed by atoms with Crippen molar-refractivity contribution in [3.8, 4) is 0 Å². The Morgan fingerprint density at radius 3 is 3.04 bits per heavy atom. The SMILES string of the molecule is Nc1ccc(Nc2ncnc3sc4c(c23)CC[C@H](C(=O)O)C4)cc1C=[NH2+]. The molecule has 26 heavy (non-hydrogen) atoms. The van der Waals surface area contributed by atoms with E-state index in [1.165, 1.54) is 12.5 Å². The van der Waals surface area contributed by atoms with Gasteiger partial charge in [-0.15, -0.1) is 11.3 Å². The number of hydrogen-bond acceptors (Lipinski definition) is 6. The van der Waals surface area contributed by atoms with Gasteiger partial charge >= 0.3 is 5.97 Å². The maximum Gasteiger partial charge on any atom is 0.306 e. The zero-order valence-electron chi connectivity index (χ0n) is 13.9. The predicted molar refractivity (Wildman–Crippen MR) is 102 cm³/mol. The standard InChI is InChI=1S/C18H17N5O2S/c19-7-10-5-11(2-4-13(10)20)23-16-15-12-3-1-9(18(24)25)6-14(12)26-17(15)22-8-21-16/h2,4-5,7-9,19H,1,3,6,20H2,(H,24,25)(H,21,22,23)/p+1/t9-/m0/s1. The first-order valence-electron chi connectivity index (χ1n) is 8.26. The van der Waals surface area contributed by atoms with E-state index >= 15 is 0 Å². The van der Waals surface area contributed by atoms with Crippen molar-refractivity contribution < 1.29 is 15.3 Å². The highest BCUT2D eigenvalue weighted by Crippen LogP contribution is 2.40. The van der Waals surface area contributed by atoms with Gasteiger partial charge in [-0.1, -0.05) is 0 Å². The van der Waals surface area contributed by atoms with Gasteiger partial charge in [0.2, 0.25) is 0 Å². The molecule has 8 heteroatoms. The molecule has 1 aliphatic carbocycles. The largest absolute Gasteiger partial charge is 0.481 e. The molecule has 0 spiro atoms. The number of anilines is 3. The first-order chi connectivity index (χ1) is 12.6. The molecule has 7 nitrogen and oxygen atoms in total. The van der Waals surface area contributed by atoms with Crippen LogP contribution in [0.1, 0.15) is 22.4 Å². The number of carboxylic acid groups (broad SMARTS) is 1. The molecule has 1 aliphatic rings. The minimum Gasteiger partial charge on any atom is -0.481 e. The van der Waals surface area contributed by atoms with Crippen LogP contribution >= 0.6 is 11.3 Å². The van der Waals surface area contributed by atoms with Crippen LogP contribution in [0.2, 0.25) is 0 Å². The number of nitrogens with two attached hydrogens (primary N) is 2. The van der Waals surface area contributed by atoms with Crippen molar-refractivity contribution in [3.63, 3.8) is 0 Å². The lowest BCUT2D eigenvalue weighted by atomic mass is 9.88. The number of rotatable bonds is 4. The number of nitrogens with zero attached hydrogens (tertiary/aromatic N) is 2. The first kappa shape index (κ1) is 16.5. The fraction of sp³-hybridized carbons (Fsp3) is 0.222. The molecule has 0 aliphatic heterocycles. The molecule has 6 N–H and O–H groups in total. The number of carbonyl (C=O) groups is 1. The zero-order chi connectivity index (χ0) is 18.3. The number of thiophene rings is 1. The summed E-state index contributed by atoms with van der Waals surface area (Å²) in [6, 6.07) is 5.53. The molecule has 0 radical (unpaired) electrons. The van der Waals surface area contributed by atoms with Crippen molar-refractivity contribution in [2.24, 2.45) is 5.92 Å². The molecule has 132 valence electrons. The van der Waals surface area contributed by atoms with Gasteiger partial charge in [0.1, 0.15) is 17.0 Å². The monoisotopic (exact) mass is 368 g/mol. The van der Waals surface area contributed by atoms with Gasteiger partial charge in [0.25, 0.3) is 0 Å². The average molecular weight is 368 g/mol. The number of nitrogen functional groups attached to an aromatic ring is 1. The summed E-state index contributed by atoms with van der Waals surface area (Å²) < 4.78 is 0. The third kappa shape index (κ3) is 2.78. The van der Waals surface area contributed by atoms with Crippen molar-refractivity contribution in [1.29, 1.82) is 0 Å². The van der Waals surface area contributed by atoms with E-state index in [2.05, 4.69) is 15.3 Å². The Labute approximate surface area is 153 Å². The van der Waals surface area contributed by atoms with Crippen molar-refractivity contribution >= 4 is 50.9 Å². The van der Waals surface area contributed by atoms with Crippen LogP contribution in [0, 0.1) is 5.92 Å². The summed E-state index contributed by atoms with van der Waals surface area (Å²) in [6.07, 6.45) is 4.90. The molecule has 2 heterocycles. The zero-order valence-corrected chi connectivity index (χ0v) is 14.7. The molecular formula is C18H18N5O2S+. The third-order valence-corrected chi connectivity index (χ3v) is 5.89. The second-order valence-electron chi connectivity index (χ2n) is 6.32. The fourth-order valence-electron chi connectivity index (χ4n) is 3.35. The van der Waals surface area contributed by atoms with Crippen LogP contribution < -0.4 is 16.5 Å². The van der Waals surface area contributed by atoms with Gasteiger partial charge in [0.05, 0.1) is 16.9 Å². The maximum absolute atomic E-state index is 11.3. The number of nitrogens with one attached hydrogen (secondary N) is 1. The summed E-state index contributed by atoms with van der Waals surface area (Å²) in [4.78, 5) is 22.1. The average Bonchev–Trinajstić information content (AvgIpc) is 3.01. The molecule has 1 atom stereocenters. The van der Waals surface area contributed by atoms with Crippen LogP contribution in [0.25, 0.3) is 10.2 Å². The van der Waals surface area contributed by atoms with E-state index in [0.717, 1.165) is 38.3 Å². The van der Waals surface area contributed by atoms with Crippen LogP contribution in [0.5, 0.6) is 0 Å². The number of carboxylic acids is 1. The third-order valence-electron chi connectivity index (χ3n) is 4.72. The van der Waals surface area contributed by atoms with Gasteiger partial charge in [-0.3, -0.25) is 10.2 Å². The summed E-state index contributed by atoms with van der Waals surface area (Å²) in [6.45, 7) is 0. The van der Waals surface area contributed by atoms with Gasteiger partial charge in [-0.2, -0.15) is 0 Å². The quantitative estimate of drug-likeness (QED) is 0.407. The van der Waals surface area contributed by atoms with E-state index in [4.69, 9.17) is 11.1 Å². The van der Waals surface area contributed by atoms with Crippen LogP contribution in [0.3, 0.4) is 0 Å². The van der Waals surface area contributed by atoms with Crippen LogP contribution in [-0.2, 0) is 17.6 Å². The Hall–Kier alpha value is -3.00. The molecular weight excluding hydrogens is 350 g/mol. The summed E-state index contributed by atoms with van der Waals surface area (Å²) in [7, 11) is 0. The van der Waals surface area contributed by atoms with Crippen molar-refractivity contribution in [1.82, 2.24) is 9.97 Å². The van der Waals surface area contributed by atoms with Gasteiger partial charge in [-0.25, -0.2) is 9.97 Å². The van der Waals surface area contributed by atoms with Crippen LogP contribution in [0.15, 0.2) is 24.5 Å². The highest BCUT2D eigenvalue weighted by atomic mass is 32.1. The highest BCUT2D eigenvalue weighted by molar-refractivity contribution is 7.19. The lowest BCUT2D eigenvalue weighted by Gasteiger charge is -2.18.